The molecular formula is C62H80N5O20P. The zero-order valence-corrected chi connectivity index (χ0v) is 52.2. The van der Waals surface area contributed by atoms with Crippen molar-refractivity contribution in [3.8, 4) is 11.5 Å². The summed E-state index contributed by atoms with van der Waals surface area (Å²) in [5.41, 5.74) is -1.89. The summed E-state index contributed by atoms with van der Waals surface area (Å²) in [5.74, 6) is -11.9. The van der Waals surface area contributed by atoms with Gasteiger partial charge in [-0.25, -0.2) is 4.98 Å². The van der Waals surface area contributed by atoms with Crippen LogP contribution < -0.4 is 36.3 Å². The third kappa shape index (κ3) is 15.2. The second-order valence-corrected chi connectivity index (χ2v) is 25.5. The van der Waals surface area contributed by atoms with Crippen molar-refractivity contribution >= 4 is 93.7 Å². The minimum absolute atomic E-state index is 0.00474. The molecule has 0 radical (unpaired) electrons. The number of rotatable bonds is 16. The lowest BCUT2D eigenvalue weighted by Crippen LogP contribution is -2.47. The number of aromatic nitrogens is 1. The number of carbonyl (C=O) groups is 6. The maximum absolute atomic E-state index is 15.1. The first-order chi connectivity index (χ1) is 41.4. The zero-order valence-electron chi connectivity index (χ0n) is 51.3. The van der Waals surface area contributed by atoms with Gasteiger partial charge in [-0.2, -0.15) is 0 Å². The van der Waals surface area contributed by atoms with Crippen molar-refractivity contribution < 1.29 is 86.5 Å². The fourth-order valence-corrected chi connectivity index (χ4v) is 11.8. The predicted octanol–water partition coefficient (Wildman–Crippen LogP) is 5.82. The number of hydrogen-bond donors (Lipinski definition) is 7. The number of ether oxygens (including phenoxy) is 5. The van der Waals surface area contributed by atoms with Crippen LogP contribution in [0.4, 0.5) is 11.4 Å². The molecule has 5 heterocycles. The summed E-state index contributed by atoms with van der Waals surface area (Å²) >= 11 is 0. The van der Waals surface area contributed by atoms with Crippen molar-refractivity contribution in [1.29, 1.82) is 0 Å². The van der Waals surface area contributed by atoms with Gasteiger partial charge in [0.05, 0.1) is 29.6 Å². The van der Waals surface area contributed by atoms with E-state index in [1.165, 1.54) is 52.2 Å². The van der Waals surface area contributed by atoms with Crippen LogP contribution in [0.3, 0.4) is 0 Å². The van der Waals surface area contributed by atoms with Crippen LogP contribution in [0.25, 0.3) is 38.7 Å². The molecule has 88 heavy (non-hydrogen) atoms. The third-order valence-corrected chi connectivity index (χ3v) is 17.5. The Labute approximate surface area is 507 Å². The van der Waals surface area contributed by atoms with E-state index in [9.17, 15) is 63.2 Å². The van der Waals surface area contributed by atoms with Crippen LogP contribution in [-0.2, 0) is 52.3 Å². The number of phenolic OH excluding ortho intramolecular Hbond substituents is 1. The molecule has 1 aromatic heterocycles. The van der Waals surface area contributed by atoms with Gasteiger partial charge < -0.3 is 73.5 Å². The maximum Gasteiger partial charge on any atom is 0.355 e. The summed E-state index contributed by atoms with van der Waals surface area (Å²) in [7, 11) is -4.93. The minimum Gasteiger partial charge on any atom is -0.507 e. The average molecular weight is 1250 g/mol. The molecule has 8 rings (SSSR count). The molecule has 0 spiro atoms. The molecule has 1 unspecified atom stereocenters. The Morgan fingerprint density at radius 3 is 2.20 bits per heavy atom. The van der Waals surface area contributed by atoms with Crippen molar-refractivity contribution in [2.45, 2.75) is 138 Å². The van der Waals surface area contributed by atoms with Gasteiger partial charge in [0.25, 0.3) is 5.91 Å². The van der Waals surface area contributed by atoms with Gasteiger partial charge in [-0.1, -0.05) is 66.7 Å². The molecule has 478 valence electrons. The first-order valence-electron chi connectivity index (χ1n) is 29.4. The summed E-state index contributed by atoms with van der Waals surface area (Å²) in [6, 6.07) is 3.10. The number of esters is 3. The van der Waals surface area contributed by atoms with Gasteiger partial charge in [-0.3, -0.25) is 43.0 Å². The number of nitrogens with zero attached hydrogens (tertiary/aromatic N) is 3. The smallest absolute Gasteiger partial charge is 0.355 e. The van der Waals surface area contributed by atoms with Crippen LogP contribution in [0.1, 0.15) is 107 Å². The van der Waals surface area contributed by atoms with Crippen molar-refractivity contribution in [3.63, 3.8) is 0 Å². The fraction of sp³-hybridized carbons (Fsp3) is 0.532. The first kappa shape index (κ1) is 67.8. The molecule has 4 aliphatic heterocycles. The maximum atomic E-state index is 15.1. The Balaban J connectivity index is 1.25. The highest BCUT2D eigenvalue weighted by Crippen LogP contribution is 2.43. The highest BCUT2D eigenvalue weighted by Gasteiger charge is 2.45. The van der Waals surface area contributed by atoms with Gasteiger partial charge in [0.15, 0.2) is 34.5 Å². The number of amides is 2. The highest BCUT2D eigenvalue weighted by molar-refractivity contribution is 7.53. The van der Waals surface area contributed by atoms with Crippen LogP contribution in [0.15, 0.2) is 62.3 Å². The zero-order chi connectivity index (χ0) is 64.9. The molecule has 26 heteroatoms. The van der Waals surface area contributed by atoms with Crippen LogP contribution in [-0.4, -0.2) is 140 Å². The summed E-state index contributed by atoms with van der Waals surface area (Å²) in [4.78, 5) is 133. The lowest BCUT2D eigenvalue weighted by molar-refractivity contribution is -0.164. The number of aliphatic hydroxyl groups is 2. The SMILES string of the molecule is CC(=O)O[C@H]1[C@H](C)[C@H](O)[C@H](C)[C@@H](OC(=O)CCCOC(=O)CCCC(=O)NC(C=O)P(=O)(O)O)[C@@H](C)/C=C/C=C(/C)C(=O)Nc2c(=O)c3c(O)c(C)c4c(c3c3nc5c(=O)cc(N6CCN(CC(C)C)CC6)cc5oc23)=C(O)[C@@](C)(O/C=C/[C@H](C)[C@H]1C)O4. The fourth-order valence-electron chi connectivity index (χ4n) is 11.3. The molecule has 1 saturated heterocycles. The number of anilines is 2. The van der Waals surface area contributed by atoms with E-state index in [2.05, 4.69) is 29.0 Å². The number of hydrogen-bond acceptors (Lipinski definition) is 21. The van der Waals surface area contributed by atoms with E-state index < -0.39 is 125 Å². The largest absolute Gasteiger partial charge is 0.507 e. The molecule has 4 aliphatic rings. The number of aromatic hydroxyl groups is 1. The summed E-state index contributed by atoms with van der Waals surface area (Å²) in [6.07, 6.45) is 3.13. The number of nitrogens with one attached hydrogen (secondary N) is 2. The van der Waals surface area contributed by atoms with Crippen LogP contribution >= 0.6 is 7.60 Å². The first-order valence-corrected chi connectivity index (χ1v) is 31.1. The van der Waals surface area contributed by atoms with E-state index in [1.54, 1.807) is 45.9 Å². The van der Waals surface area contributed by atoms with E-state index in [0.29, 0.717) is 24.7 Å². The normalized spacial score (nSPS) is 25.8. The number of benzene rings is 3. The topological polar surface area (TPSA) is 358 Å². The van der Waals surface area contributed by atoms with Gasteiger partial charge >= 0.3 is 31.3 Å². The van der Waals surface area contributed by atoms with Crippen molar-refractivity contribution in [2.75, 3.05) is 49.5 Å². The van der Waals surface area contributed by atoms with Gasteiger partial charge in [-0.15, -0.1) is 0 Å². The molecule has 10 atom stereocenters. The molecular weight excluding hydrogens is 1170 g/mol. The third-order valence-electron chi connectivity index (χ3n) is 16.5. The quantitative estimate of drug-likeness (QED) is 0.0132. The Morgan fingerprint density at radius 1 is 0.886 bits per heavy atom. The van der Waals surface area contributed by atoms with Crippen LogP contribution in [0.5, 0.6) is 11.5 Å². The monoisotopic (exact) mass is 1250 g/mol. The van der Waals surface area contributed by atoms with E-state index in [4.69, 9.17) is 33.1 Å². The number of aldehydes is 1. The van der Waals surface area contributed by atoms with Crippen LogP contribution in [0, 0.1) is 42.4 Å². The lowest BCUT2D eigenvalue weighted by Gasteiger charge is -2.38. The van der Waals surface area contributed by atoms with Gasteiger partial charge in [0.1, 0.15) is 34.9 Å². The molecule has 4 aromatic rings. The summed E-state index contributed by atoms with van der Waals surface area (Å²) in [6.45, 7) is 21.9. The van der Waals surface area contributed by atoms with E-state index >= 15 is 4.79 Å². The Kier molecular flexibility index (Phi) is 21.7. The number of piperazine rings is 1. The molecule has 1 fully saturated rings. The highest BCUT2D eigenvalue weighted by atomic mass is 31.2. The second kappa shape index (κ2) is 28.2. The average Bonchev–Trinajstić information content (AvgIpc) is 1.34. The van der Waals surface area contributed by atoms with E-state index in [0.717, 1.165) is 19.6 Å². The number of carbonyl (C=O) groups excluding carboxylic acids is 6. The number of fused-ring (bicyclic) bond motifs is 14. The van der Waals surface area contributed by atoms with E-state index in [1.807, 2.05) is 12.2 Å². The summed E-state index contributed by atoms with van der Waals surface area (Å²) in [5, 5.41) is 40.5. The van der Waals surface area contributed by atoms with Gasteiger partial charge in [0.2, 0.25) is 16.8 Å². The number of aliphatic hydroxyl groups excluding tert-OH is 2. The molecule has 0 aliphatic carbocycles. The van der Waals surface area contributed by atoms with Crippen molar-refractivity contribution in [1.82, 2.24) is 15.2 Å². The molecule has 0 saturated carbocycles. The lowest BCUT2D eigenvalue weighted by atomic mass is 9.77. The van der Waals surface area contributed by atoms with Crippen molar-refractivity contribution in [2.24, 2.45) is 35.5 Å². The van der Waals surface area contributed by atoms with Gasteiger partial charge in [-0.05, 0) is 50.5 Å². The second-order valence-electron chi connectivity index (χ2n) is 23.8. The molecule has 25 nitrogen and oxygen atoms in total. The molecule has 7 N–H and O–H groups in total. The van der Waals surface area contributed by atoms with E-state index in [-0.39, 0.29) is 100 Å². The van der Waals surface area contributed by atoms with Crippen molar-refractivity contribution in [3.05, 3.63) is 79.5 Å². The molecule has 5 bridgehead atoms. The number of allylic oxidation sites excluding steroid dienone is 3. The standard InChI is InChI=1S/C62H80N5O20P/c1-31(2)29-66-21-23-67(24-22-66)40-27-41(70)50-42(28-40)85-59-51(64-50)47-48-54(75)38(9)58-49(47)60(77)62(11,87-58)83-26-20-32(3)35(6)57(84-39(10)69)37(8)53(74)36(7)56(33(4)15-12-16-34(5)61(78)65-52(59)55(48)76)86-46(73)19-14-25-82-45(72)18-13-17-43(71)63-44(30-68)88(79,80)81/h12,15-16,20,26-28,30-33,35-37,44,53,56-57,74-75,77H,13-14,17-19,21-25,29H2,1-11H3,(H,63,71)(H,65,78)(H2,79,80,81)/b15-12+,26-20+,34-16-/t32-,33-,35+,36-,37+,44?,53+,56-,57+,62-/m0/s1. The molecule has 2 amide bonds. The molecule has 3 aromatic carbocycles. The van der Waals surface area contributed by atoms with Crippen LogP contribution in [0.2, 0.25) is 0 Å². The summed E-state index contributed by atoms with van der Waals surface area (Å²) < 4.78 is 47.7. The Hall–Kier alpha value is -7.70. The Morgan fingerprint density at radius 2 is 1.56 bits per heavy atom. The predicted molar refractivity (Wildman–Crippen MR) is 325 cm³/mol. The Bertz CT molecular complexity index is 3680. The van der Waals surface area contributed by atoms with Gasteiger partial charge in [0, 0.05) is 118 Å². The minimum atomic E-state index is -4.93. The number of phenols is 1.